The van der Waals surface area contributed by atoms with Crippen molar-refractivity contribution in [2.75, 3.05) is 6.61 Å². The molecule has 0 unspecified atom stereocenters. The monoisotopic (exact) mass is 282 g/mol. The van der Waals surface area contributed by atoms with Crippen LogP contribution in [0.3, 0.4) is 0 Å². The molecular weight excluding hydrogens is 274 g/mol. The normalized spacial score (nSPS) is 10.3. The first-order valence-electron chi connectivity index (χ1n) is 5.44. The van der Waals surface area contributed by atoms with Crippen molar-refractivity contribution in [3.05, 3.63) is 64.7 Å². The van der Waals surface area contributed by atoms with E-state index >= 15 is 0 Å². The summed E-state index contributed by atoms with van der Waals surface area (Å²) in [7, 11) is 0. The van der Waals surface area contributed by atoms with Gasteiger partial charge in [0, 0.05) is 0 Å². The molecule has 0 atom stereocenters. The quantitative estimate of drug-likeness (QED) is 0.796. The molecule has 0 fully saturated rings. The second-order valence-electron chi connectivity index (χ2n) is 3.74. The Kier molecular flexibility index (Phi) is 4.12. The van der Waals surface area contributed by atoms with Crippen LogP contribution in [0.15, 0.2) is 42.5 Å². The molecule has 0 saturated carbocycles. The molecule has 2 aromatic carbocycles. The van der Waals surface area contributed by atoms with Crippen LogP contribution >= 0.6 is 11.6 Å². The zero-order valence-electron chi connectivity index (χ0n) is 9.70. The smallest absolute Gasteiger partial charge is 0.206 e. The van der Waals surface area contributed by atoms with Gasteiger partial charge < -0.3 is 4.74 Å². The van der Waals surface area contributed by atoms with Gasteiger partial charge in [-0.2, -0.15) is 0 Å². The molecule has 98 valence electrons. The molecule has 2 nitrogen and oxygen atoms in total. The molecule has 2 aromatic rings. The Hall–Kier alpha value is -1.94. The van der Waals surface area contributed by atoms with E-state index < -0.39 is 29.6 Å². The maximum atomic E-state index is 13.4. The lowest BCUT2D eigenvalue weighted by Gasteiger charge is -2.08. The van der Waals surface area contributed by atoms with E-state index in [1.807, 2.05) is 0 Å². The van der Waals surface area contributed by atoms with Crippen LogP contribution < -0.4 is 4.74 Å². The van der Waals surface area contributed by atoms with Gasteiger partial charge in [-0.05, 0) is 24.3 Å². The average Bonchev–Trinajstić information content (AvgIpc) is 2.37. The first-order chi connectivity index (χ1) is 9.09. The van der Waals surface area contributed by atoms with Gasteiger partial charge in [0.15, 0.2) is 6.61 Å². The van der Waals surface area contributed by atoms with Gasteiger partial charge in [0.25, 0.3) is 0 Å². The molecule has 0 bridgehead atoms. The minimum absolute atomic E-state index is 0.286. The van der Waals surface area contributed by atoms with E-state index in [0.29, 0.717) is 5.02 Å². The second-order valence-corrected chi connectivity index (χ2v) is 4.15. The van der Waals surface area contributed by atoms with Gasteiger partial charge >= 0.3 is 0 Å². The maximum Gasteiger partial charge on any atom is 0.206 e. The predicted molar refractivity (Wildman–Crippen MR) is 67.6 cm³/mol. The first-order valence-corrected chi connectivity index (χ1v) is 5.82. The van der Waals surface area contributed by atoms with E-state index in [0.717, 1.165) is 12.1 Å². The van der Waals surface area contributed by atoms with Crippen LogP contribution in [0, 0.1) is 11.6 Å². The van der Waals surface area contributed by atoms with Crippen molar-refractivity contribution in [1.82, 2.24) is 0 Å². The molecule has 0 spiro atoms. The molecule has 0 aliphatic rings. The van der Waals surface area contributed by atoms with Crippen LogP contribution in [-0.2, 0) is 0 Å². The Morgan fingerprint density at radius 3 is 2.32 bits per heavy atom. The molecule has 0 aliphatic heterocycles. The van der Waals surface area contributed by atoms with Gasteiger partial charge in [0.2, 0.25) is 5.78 Å². The fourth-order valence-electron chi connectivity index (χ4n) is 1.54. The number of rotatable bonds is 4. The number of carbonyl (C=O) groups is 1. The Balaban J connectivity index is 2.13. The number of ketones is 1. The third-order valence-corrected chi connectivity index (χ3v) is 2.75. The fourth-order valence-corrected chi connectivity index (χ4v) is 1.73. The summed E-state index contributed by atoms with van der Waals surface area (Å²) >= 11 is 5.83. The van der Waals surface area contributed by atoms with Crippen molar-refractivity contribution in [3.8, 4) is 5.75 Å². The number of hydrogen-bond donors (Lipinski definition) is 0. The molecule has 19 heavy (non-hydrogen) atoms. The Morgan fingerprint density at radius 1 is 1.05 bits per heavy atom. The average molecular weight is 283 g/mol. The summed E-state index contributed by atoms with van der Waals surface area (Å²) in [5, 5.41) is 0.323. The van der Waals surface area contributed by atoms with Crippen LogP contribution in [0.2, 0.25) is 5.02 Å². The predicted octanol–water partition coefficient (Wildman–Crippen LogP) is 3.88. The summed E-state index contributed by atoms with van der Waals surface area (Å²) in [6.07, 6.45) is 0. The number of halogens is 3. The summed E-state index contributed by atoms with van der Waals surface area (Å²) in [5.41, 5.74) is -0.602. The minimum atomic E-state index is -0.909. The topological polar surface area (TPSA) is 26.3 Å². The Labute approximate surface area is 113 Å². The van der Waals surface area contributed by atoms with E-state index in [9.17, 15) is 13.6 Å². The van der Waals surface area contributed by atoms with Gasteiger partial charge in [-0.3, -0.25) is 4.79 Å². The molecule has 0 aliphatic carbocycles. The second kappa shape index (κ2) is 5.80. The Morgan fingerprint density at radius 2 is 1.68 bits per heavy atom. The number of para-hydroxylation sites is 1. The molecule has 0 amide bonds. The number of Topliss-reactive ketones (excluding diaryl/α,β-unsaturated/α-hetero) is 1. The van der Waals surface area contributed by atoms with Crippen molar-refractivity contribution in [2.24, 2.45) is 0 Å². The largest absolute Gasteiger partial charge is 0.484 e. The zero-order valence-corrected chi connectivity index (χ0v) is 10.5. The van der Waals surface area contributed by atoms with Crippen LogP contribution in [-0.4, -0.2) is 12.4 Å². The maximum absolute atomic E-state index is 13.4. The number of ether oxygens (including phenoxy) is 1. The first kappa shape index (κ1) is 13.5. The molecule has 2 rings (SSSR count). The summed E-state index contributed by atoms with van der Waals surface area (Å²) in [6, 6.07) is 9.76. The molecule has 0 radical (unpaired) electrons. The van der Waals surface area contributed by atoms with Crippen molar-refractivity contribution < 1.29 is 18.3 Å². The highest BCUT2D eigenvalue weighted by Crippen LogP contribution is 2.23. The lowest BCUT2D eigenvalue weighted by atomic mass is 10.1. The number of carbonyl (C=O) groups excluding carboxylic acids is 1. The minimum Gasteiger partial charge on any atom is -0.484 e. The van der Waals surface area contributed by atoms with Crippen molar-refractivity contribution in [3.63, 3.8) is 0 Å². The van der Waals surface area contributed by atoms with Crippen LogP contribution in [0.4, 0.5) is 8.78 Å². The fraction of sp³-hybridized carbons (Fsp3) is 0.0714. The van der Waals surface area contributed by atoms with Crippen molar-refractivity contribution in [1.29, 1.82) is 0 Å². The van der Waals surface area contributed by atoms with E-state index in [4.69, 9.17) is 16.3 Å². The van der Waals surface area contributed by atoms with Crippen LogP contribution in [0.1, 0.15) is 10.4 Å². The van der Waals surface area contributed by atoms with E-state index in [2.05, 4.69) is 0 Å². The highest BCUT2D eigenvalue weighted by molar-refractivity contribution is 6.32. The summed E-state index contributed by atoms with van der Waals surface area (Å²) in [6.45, 7) is -0.485. The molecule has 0 aromatic heterocycles. The summed E-state index contributed by atoms with van der Waals surface area (Å²) in [4.78, 5) is 11.7. The van der Waals surface area contributed by atoms with Gasteiger partial charge in [-0.25, -0.2) is 8.78 Å². The Bertz CT molecular complexity index is 594. The highest BCUT2D eigenvalue weighted by atomic mass is 35.5. The molecule has 5 heteroatoms. The van der Waals surface area contributed by atoms with E-state index in [-0.39, 0.29) is 5.75 Å². The van der Waals surface area contributed by atoms with Gasteiger partial charge in [0.05, 0.1) is 10.6 Å². The number of hydrogen-bond acceptors (Lipinski definition) is 2. The molecule has 0 saturated heterocycles. The highest BCUT2D eigenvalue weighted by Gasteiger charge is 2.17. The summed E-state index contributed by atoms with van der Waals surface area (Å²) < 4.78 is 31.9. The molecular formula is C14H9ClF2O2. The zero-order chi connectivity index (χ0) is 13.8. The van der Waals surface area contributed by atoms with Gasteiger partial charge in [-0.15, -0.1) is 0 Å². The van der Waals surface area contributed by atoms with Crippen molar-refractivity contribution in [2.45, 2.75) is 0 Å². The lowest BCUT2D eigenvalue weighted by molar-refractivity contribution is 0.0913. The van der Waals surface area contributed by atoms with Gasteiger partial charge in [-0.1, -0.05) is 29.8 Å². The van der Waals surface area contributed by atoms with E-state index in [1.165, 1.54) is 6.07 Å². The molecule has 0 heterocycles. The molecule has 0 N–H and O–H groups in total. The lowest BCUT2D eigenvalue weighted by Crippen LogP contribution is -2.15. The van der Waals surface area contributed by atoms with Gasteiger partial charge in [0.1, 0.15) is 17.4 Å². The summed E-state index contributed by atoms with van der Waals surface area (Å²) in [5.74, 6) is -2.31. The van der Waals surface area contributed by atoms with Crippen LogP contribution in [0.25, 0.3) is 0 Å². The third-order valence-electron chi connectivity index (χ3n) is 2.44. The van der Waals surface area contributed by atoms with Crippen LogP contribution in [0.5, 0.6) is 5.75 Å². The van der Waals surface area contributed by atoms with Crippen molar-refractivity contribution >= 4 is 17.4 Å². The SMILES string of the molecule is O=C(COc1ccccc1Cl)c1c(F)cccc1F. The van der Waals surface area contributed by atoms with E-state index in [1.54, 1.807) is 24.3 Å². The third kappa shape index (κ3) is 3.09. The number of benzene rings is 2. The standard InChI is InChI=1S/C14H9ClF2O2/c15-9-4-1-2-7-13(9)19-8-12(18)14-10(16)5-3-6-11(14)17/h1-7H,8H2.